The largest absolute Gasteiger partial charge is 0.487 e. The molecule has 0 saturated heterocycles. The first kappa shape index (κ1) is 26.3. The predicted molar refractivity (Wildman–Crippen MR) is 117 cm³/mol. The number of carbonyl (C=O) groups is 3. The molecule has 0 saturated carbocycles. The third-order valence-corrected chi connectivity index (χ3v) is 3.47. The molecule has 1 rings (SSSR count). The van der Waals surface area contributed by atoms with Crippen LogP contribution in [0, 0.1) is 0 Å². The van der Waals surface area contributed by atoms with E-state index in [2.05, 4.69) is 5.32 Å². The molecule has 0 radical (unpaired) electrons. The van der Waals surface area contributed by atoms with E-state index in [1.165, 1.54) is 0 Å². The fraction of sp³-hybridized carbons (Fsp3) is 0.609. The number of benzene rings is 1. The lowest BCUT2D eigenvalue weighted by molar-refractivity contribution is -0.157. The first-order valence-corrected chi connectivity index (χ1v) is 10.3. The van der Waals surface area contributed by atoms with Crippen LogP contribution in [0.4, 0.5) is 4.79 Å². The predicted octanol–water partition coefficient (Wildman–Crippen LogP) is 4.07. The maximum absolute atomic E-state index is 12.0. The van der Waals surface area contributed by atoms with Gasteiger partial charge in [-0.25, -0.2) is 9.59 Å². The van der Waals surface area contributed by atoms with Gasteiger partial charge in [-0.1, -0.05) is 0 Å². The minimum atomic E-state index is -0.643. The third-order valence-electron chi connectivity index (χ3n) is 3.47. The fourth-order valence-electron chi connectivity index (χ4n) is 2.54. The minimum absolute atomic E-state index is 0.179. The van der Waals surface area contributed by atoms with Crippen LogP contribution in [0.5, 0.6) is 11.5 Å². The summed E-state index contributed by atoms with van der Waals surface area (Å²) in [6.45, 7) is 14.3. The number of hydrogen-bond donors (Lipinski definition) is 1. The van der Waals surface area contributed by atoms with Crippen molar-refractivity contribution in [1.29, 1.82) is 0 Å². The summed E-state index contributed by atoms with van der Waals surface area (Å²) in [5, 5.41) is 2.68. The van der Waals surface area contributed by atoms with Crippen molar-refractivity contribution in [3.05, 3.63) is 23.3 Å². The van der Waals surface area contributed by atoms with Gasteiger partial charge in [0.05, 0.1) is 11.7 Å². The molecule has 0 fully saturated rings. The molecule has 0 atom stereocenters. The van der Waals surface area contributed by atoms with Gasteiger partial charge in [-0.3, -0.25) is 4.79 Å². The highest BCUT2D eigenvalue weighted by atomic mass is 16.6. The summed E-state index contributed by atoms with van der Waals surface area (Å²) in [5.74, 6) is -0.0284. The molecule has 0 aliphatic heterocycles. The van der Waals surface area contributed by atoms with Crippen LogP contribution in [0.25, 0.3) is 0 Å². The number of carbonyl (C=O) groups excluding carboxylic acids is 3. The number of esters is 1. The Labute approximate surface area is 184 Å². The summed E-state index contributed by atoms with van der Waals surface area (Å²) in [4.78, 5) is 35.5. The van der Waals surface area contributed by atoms with Gasteiger partial charge in [0.25, 0.3) is 0 Å². The number of amides is 1. The van der Waals surface area contributed by atoms with Crippen LogP contribution in [-0.2, 0) is 20.7 Å². The Balaban J connectivity index is 2.95. The van der Waals surface area contributed by atoms with E-state index in [0.717, 1.165) is 5.56 Å². The summed E-state index contributed by atoms with van der Waals surface area (Å²) in [6, 6.07) is 3.37. The summed E-state index contributed by atoms with van der Waals surface area (Å²) < 4.78 is 21.9. The number of alkyl carbamates (subject to hydrolysis) is 1. The average molecular weight is 438 g/mol. The lowest BCUT2D eigenvalue weighted by Crippen LogP contribution is -2.33. The SMILES string of the molecule is CC(C)Oc1cc(CCNC(=O)OC(C)(C)C)cc(C=O)c1OCC(=O)OC(C)(C)C. The van der Waals surface area contributed by atoms with E-state index in [4.69, 9.17) is 18.9 Å². The molecule has 1 aromatic carbocycles. The zero-order valence-electron chi connectivity index (χ0n) is 19.8. The molecular weight excluding hydrogens is 402 g/mol. The fourth-order valence-corrected chi connectivity index (χ4v) is 2.54. The van der Waals surface area contributed by atoms with Crippen LogP contribution in [0.3, 0.4) is 0 Å². The van der Waals surface area contributed by atoms with Gasteiger partial charge in [0.15, 0.2) is 24.4 Å². The van der Waals surface area contributed by atoms with Crippen molar-refractivity contribution in [1.82, 2.24) is 5.32 Å². The summed E-state index contributed by atoms with van der Waals surface area (Å²) in [5.41, 5.74) is -0.219. The Morgan fingerprint density at radius 1 is 1.03 bits per heavy atom. The van der Waals surface area contributed by atoms with E-state index in [1.54, 1.807) is 53.7 Å². The summed E-state index contributed by atoms with van der Waals surface area (Å²) in [7, 11) is 0. The maximum Gasteiger partial charge on any atom is 0.407 e. The molecule has 0 bridgehead atoms. The van der Waals surface area contributed by atoms with E-state index < -0.39 is 23.3 Å². The number of rotatable bonds is 9. The molecule has 31 heavy (non-hydrogen) atoms. The molecule has 8 nitrogen and oxygen atoms in total. The Morgan fingerprint density at radius 3 is 2.16 bits per heavy atom. The van der Waals surface area contributed by atoms with E-state index in [9.17, 15) is 14.4 Å². The normalized spacial score (nSPS) is 11.6. The maximum atomic E-state index is 12.0. The molecule has 174 valence electrons. The lowest BCUT2D eigenvalue weighted by Gasteiger charge is -2.21. The van der Waals surface area contributed by atoms with Crippen molar-refractivity contribution < 1.29 is 33.3 Å². The topological polar surface area (TPSA) is 100 Å². The van der Waals surface area contributed by atoms with Gasteiger partial charge in [-0.05, 0) is 79.5 Å². The van der Waals surface area contributed by atoms with Crippen LogP contribution in [0.1, 0.15) is 71.3 Å². The smallest absolute Gasteiger partial charge is 0.407 e. The van der Waals surface area contributed by atoms with Gasteiger partial charge >= 0.3 is 12.1 Å². The van der Waals surface area contributed by atoms with E-state index in [0.29, 0.717) is 25.0 Å². The van der Waals surface area contributed by atoms with Crippen molar-refractivity contribution >= 4 is 18.3 Å². The highest BCUT2D eigenvalue weighted by Crippen LogP contribution is 2.33. The van der Waals surface area contributed by atoms with Crippen molar-refractivity contribution in [2.24, 2.45) is 0 Å². The van der Waals surface area contributed by atoms with Crippen molar-refractivity contribution in [3.63, 3.8) is 0 Å². The minimum Gasteiger partial charge on any atom is -0.487 e. The molecule has 0 aliphatic carbocycles. The van der Waals surface area contributed by atoms with E-state index in [-0.39, 0.29) is 24.0 Å². The lowest BCUT2D eigenvalue weighted by atomic mass is 10.1. The Kier molecular flexibility index (Phi) is 9.34. The molecule has 0 aromatic heterocycles. The summed E-state index contributed by atoms with van der Waals surface area (Å²) in [6.07, 6.45) is 0.390. The van der Waals surface area contributed by atoms with Crippen LogP contribution in [0.2, 0.25) is 0 Å². The second kappa shape index (κ2) is 11.0. The molecule has 8 heteroatoms. The first-order valence-electron chi connectivity index (χ1n) is 10.3. The molecule has 1 N–H and O–H groups in total. The van der Waals surface area contributed by atoms with Crippen molar-refractivity contribution in [2.45, 2.75) is 79.1 Å². The highest BCUT2D eigenvalue weighted by Gasteiger charge is 2.20. The quantitative estimate of drug-likeness (QED) is 0.459. The first-order chi connectivity index (χ1) is 14.2. The zero-order valence-corrected chi connectivity index (χ0v) is 19.8. The molecule has 0 heterocycles. The van der Waals surface area contributed by atoms with Gasteiger partial charge in [0, 0.05) is 6.54 Å². The standard InChI is InChI=1S/C23H35NO7/c1-15(2)29-18-12-16(9-10-24-21(27)31-23(6,7)8)11-17(13-25)20(18)28-14-19(26)30-22(3,4)5/h11-13,15H,9-10,14H2,1-8H3,(H,24,27). The van der Waals surface area contributed by atoms with Crippen molar-refractivity contribution in [3.8, 4) is 11.5 Å². The number of ether oxygens (including phenoxy) is 4. The number of aldehydes is 1. The van der Waals surface area contributed by atoms with Gasteiger partial charge in [0.2, 0.25) is 0 Å². The second-order valence-corrected chi connectivity index (χ2v) is 9.35. The van der Waals surface area contributed by atoms with Crippen LogP contribution in [-0.4, -0.2) is 48.8 Å². The Bertz CT molecular complexity index is 773. The van der Waals surface area contributed by atoms with Crippen LogP contribution in [0.15, 0.2) is 12.1 Å². The molecule has 1 aromatic rings. The third kappa shape index (κ3) is 10.7. The Morgan fingerprint density at radius 2 is 1.65 bits per heavy atom. The van der Waals surface area contributed by atoms with Crippen molar-refractivity contribution in [2.75, 3.05) is 13.2 Å². The van der Waals surface area contributed by atoms with E-state index >= 15 is 0 Å². The Hall–Kier alpha value is -2.77. The summed E-state index contributed by atoms with van der Waals surface area (Å²) >= 11 is 0. The van der Waals surface area contributed by atoms with Crippen LogP contribution < -0.4 is 14.8 Å². The molecule has 0 unspecified atom stereocenters. The van der Waals surface area contributed by atoms with Crippen LogP contribution >= 0.6 is 0 Å². The molecule has 1 amide bonds. The number of nitrogens with one attached hydrogen (secondary N) is 1. The zero-order chi connectivity index (χ0) is 23.8. The molecule has 0 spiro atoms. The monoisotopic (exact) mass is 437 g/mol. The van der Waals surface area contributed by atoms with Gasteiger partial charge in [-0.15, -0.1) is 0 Å². The average Bonchev–Trinajstić information content (AvgIpc) is 2.56. The van der Waals surface area contributed by atoms with Gasteiger partial charge in [-0.2, -0.15) is 0 Å². The van der Waals surface area contributed by atoms with Gasteiger partial charge in [0.1, 0.15) is 11.2 Å². The van der Waals surface area contributed by atoms with E-state index in [1.807, 2.05) is 13.8 Å². The molecular formula is C23H35NO7. The highest BCUT2D eigenvalue weighted by molar-refractivity contribution is 5.82. The number of hydrogen-bond acceptors (Lipinski definition) is 7. The van der Waals surface area contributed by atoms with Gasteiger partial charge < -0.3 is 24.3 Å². The second-order valence-electron chi connectivity index (χ2n) is 9.35. The molecule has 0 aliphatic rings.